The highest BCUT2D eigenvalue weighted by molar-refractivity contribution is 5.92. The number of aliphatic imine (C=N–C) groups is 1. The van der Waals surface area contributed by atoms with Crippen molar-refractivity contribution in [1.29, 1.82) is 0 Å². The molecule has 174 valence electrons. The van der Waals surface area contributed by atoms with Gasteiger partial charge in [-0.2, -0.15) is 0 Å². The second-order valence-corrected chi connectivity index (χ2v) is 8.71. The monoisotopic (exact) mass is 435 g/mol. The molecular formula is C22H37N5O4. The Bertz CT molecular complexity index is 753. The minimum absolute atomic E-state index is 0.112. The largest absolute Gasteiger partial charge is 0.459 e. The molecule has 0 bridgehead atoms. The third-order valence-corrected chi connectivity index (χ3v) is 4.72. The van der Waals surface area contributed by atoms with Gasteiger partial charge in [-0.25, -0.2) is 4.79 Å². The Kier molecular flexibility index (Phi) is 9.21. The number of nitrogens with one attached hydrogen (secondary N) is 3. The zero-order valence-corrected chi connectivity index (χ0v) is 19.4. The SMILES string of the molecule is CCNC(=NCCCNC(=O)c1occc1C)NC1CCCN(C(=O)OC(C)(C)C)C1. The molecule has 1 atom stereocenters. The van der Waals surface area contributed by atoms with Gasteiger partial charge in [-0.3, -0.25) is 9.79 Å². The Morgan fingerprint density at radius 2 is 2.10 bits per heavy atom. The number of ether oxygens (including phenoxy) is 1. The van der Waals surface area contributed by atoms with Gasteiger partial charge < -0.3 is 30.0 Å². The summed E-state index contributed by atoms with van der Waals surface area (Å²) in [6, 6.07) is 1.88. The van der Waals surface area contributed by atoms with E-state index in [2.05, 4.69) is 20.9 Å². The zero-order valence-electron chi connectivity index (χ0n) is 19.4. The number of hydrogen-bond acceptors (Lipinski definition) is 5. The highest BCUT2D eigenvalue weighted by atomic mass is 16.6. The first-order valence-electron chi connectivity index (χ1n) is 11.0. The molecule has 1 aliphatic heterocycles. The van der Waals surface area contributed by atoms with Crippen LogP contribution in [0.25, 0.3) is 0 Å². The standard InChI is InChI=1S/C22H37N5O4/c1-6-23-20(25-12-8-11-24-19(28)18-16(2)10-14-30-18)26-17-9-7-13-27(15-17)21(29)31-22(3,4)5/h10,14,17H,6-9,11-13,15H2,1-5H3,(H,24,28)(H2,23,25,26). The Labute approximate surface area is 185 Å². The molecule has 1 fully saturated rings. The maximum Gasteiger partial charge on any atom is 0.410 e. The van der Waals surface area contributed by atoms with E-state index in [-0.39, 0.29) is 18.0 Å². The molecule has 0 spiro atoms. The fraction of sp³-hybridized carbons (Fsp3) is 0.682. The summed E-state index contributed by atoms with van der Waals surface area (Å²) in [6.07, 6.45) is 3.81. The smallest absolute Gasteiger partial charge is 0.410 e. The lowest BCUT2D eigenvalue weighted by Crippen LogP contribution is -2.53. The fourth-order valence-corrected chi connectivity index (χ4v) is 3.26. The zero-order chi connectivity index (χ0) is 22.9. The van der Waals surface area contributed by atoms with Gasteiger partial charge in [0.25, 0.3) is 5.91 Å². The van der Waals surface area contributed by atoms with Crippen LogP contribution in [0.5, 0.6) is 0 Å². The number of amides is 2. The van der Waals surface area contributed by atoms with Gasteiger partial charge in [0.1, 0.15) is 5.60 Å². The van der Waals surface area contributed by atoms with Crippen LogP contribution >= 0.6 is 0 Å². The van der Waals surface area contributed by atoms with Crippen LogP contribution < -0.4 is 16.0 Å². The lowest BCUT2D eigenvalue weighted by Gasteiger charge is -2.35. The molecule has 9 nitrogen and oxygen atoms in total. The van der Waals surface area contributed by atoms with E-state index in [1.807, 2.05) is 34.6 Å². The minimum Gasteiger partial charge on any atom is -0.459 e. The molecule has 3 N–H and O–H groups in total. The number of nitrogens with zero attached hydrogens (tertiary/aromatic N) is 2. The van der Waals surface area contributed by atoms with Gasteiger partial charge in [0, 0.05) is 44.3 Å². The molecule has 31 heavy (non-hydrogen) atoms. The van der Waals surface area contributed by atoms with Crippen LogP contribution in [0, 0.1) is 6.92 Å². The van der Waals surface area contributed by atoms with Crippen molar-refractivity contribution in [3.63, 3.8) is 0 Å². The van der Waals surface area contributed by atoms with Crippen LogP contribution in [0.4, 0.5) is 4.79 Å². The normalized spacial score (nSPS) is 17.3. The van der Waals surface area contributed by atoms with Crippen LogP contribution in [0.2, 0.25) is 0 Å². The predicted molar refractivity (Wildman–Crippen MR) is 120 cm³/mol. The molecule has 1 aliphatic rings. The summed E-state index contributed by atoms with van der Waals surface area (Å²) >= 11 is 0. The van der Waals surface area contributed by atoms with Gasteiger partial charge in [-0.05, 0) is 59.9 Å². The fourth-order valence-electron chi connectivity index (χ4n) is 3.26. The summed E-state index contributed by atoms with van der Waals surface area (Å²) in [6.45, 7) is 12.6. The molecule has 1 saturated heterocycles. The molecule has 2 heterocycles. The highest BCUT2D eigenvalue weighted by Crippen LogP contribution is 2.15. The van der Waals surface area contributed by atoms with Crippen molar-refractivity contribution in [3.05, 3.63) is 23.7 Å². The molecule has 0 saturated carbocycles. The molecule has 1 unspecified atom stereocenters. The Hall–Kier alpha value is -2.71. The summed E-state index contributed by atoms with van der Waals surface area (Å²) in [4.78, 5) is 30.8. The van der Waals surface area contributed by atoms with Crippen LogP contribution in [0.1, 0.15) is 63.1 Å². The van der Waals surface area contributed by atoms with Crippen molar-refractivity contribution in [3.8, 4) is 0 Å². The number of furan rings is 1. The van der Waals surface area contributed by atoms with Crippen molar-refractivity contribution in [1.82, 2.24) is 20.9 Å². The average molecular weight is 436 g/mol. The number of guanidine groups is 1. The third-order valence-electron chi connectivity index (χ3n) is 4.72. The molecule has 9 heteroatoms. The maximum atomic E-state index is 12.4. The predicted octanol–water partition coefficient (Wildman–Crippen LogP) is 2.66. The Morgan fingerprint density at radius 3 is 2.74 bits per heavy atom. The number of piperidine rings is 1. The average Bonchev–Trinajstić information content (AvgIpc) is 3.12. The summed E-state index contributed by atoms with van der Waals surface area (Å²) in [5.74, 6) is 0.859. The van der Waals surface area contributed by atoms with Crippen molar-refractivity contribution < 1.29 is 18.7 Å². The Balaban J connectivity index is 1.79. The molecule has 2 amide bonds. The summed E-state index contributed by atoms with van der Waals surface area (Å²) in [7, 11) is 0. The molecule has 0 aromatic carbocycles. The van der Waals surface area contributed by atoms with Crippen molar-refractivity contribution in [2.75, 3.05) is 32.7 Å². The van der Waals surface area contributed by atoms with E-state index >= 15 is 0 Å². The first kappa shape index (κ1) is 24.6. The second kappa shape index (κ2) is 11.6. The van der Waals surface area contributed by atoms with Crippen molar-refractivity contribution in [2.45, 2.75) is 65.5 Å². The lowest BCUT2D eigenvalue weighted by atomic mass is 10.1. The molecule has 0 radical (unpaired) electrons. The molecule has 2 rings (SSSR count). The lowest BCUT2D eigenvalue weighted by molar-refractivity contribution is 0.0193. The van der Waals surface area contributed by atoms with E-state index in [4.69, 9.17) is 9.15 Å². The second-order valence-electron chi connectivity index (χ2n) is 8.71. The number of hydrogen-bond donors (Lipinski definition) is 3. The number of carbonyl (C=O) groups is 2. The van der Waals surface area contributed by atoms with Gasteiger partial charge in [0.15, 0.2) is 11.7 Å². The van der Waals surface area contributed by atoms with Gasteiger partial charge in [0.05, 0.1) is 6.26 Å². The summed E-state index contributed by atoms with van der Waals surface area (Å²) < 4.78 is 10.7. The Morgan fingerprint density at radius 1 is 1.32 bits per heavy atom. The first-order chi connectivity index (χ1) is 14.7. The molecule has 1 aromatic heterocycles. The number of aryl methyl sites for hydroxylation is 1. The van der Waals surface area contributed by atoms with Gasteiger partial charge >= 0.3 is 6.09 Å². The minimum atomic E-state index is -0.501. The van der Waals surface area contributed by atoms with Crippen molar-refractivity contribution >= 4 is 18.0 Å². The van der Waals surface area contributed by atoms with Gasteiger partial charge in [-0.1, -0.05) is 0 Å². The first-order valence-corrected chi connectivity index (χ1v) is 11.0. The van der Waals surface area contributed by atoms with Crippen molar-refractivity contribution in [2.24, 2.45) is 4.99 Å². The van der Waals surface area contributed by atoms with E-state index in [1.165, 1.54) is 6.26 Å². The van der Waals surface area contributed by atoms with Crippen LogP contribution in [0.15, 0.2) is 21.7 Å². The third kappa shape index (κ3) is 8.51. The molecule has 1 aromatic rings. The highest BCUT2D eigenvalue weighted by Gasteiger charge is 2.28. The summed E-state index contributed by atoms with van der Waals surface area (Å²) in [5, 5.41) is 9.51. The van der Waals surface area contributed by atoms with E-state index in [9.17, 15) is 9.59 Å². The molecule has 0 aliphatic carbocycles. The van der Waals surface area contributed by atoms with E-state index in [0.29, 0.717) is 44.3 Å². The summed E-state index contributed by atoms with van der Waals surface area (Å²) in [5.41, 5.74) is 0.320. The van der Waals surface area contributed by atoms with Gasteiger partial charge in [-0.15, -0.1) is 0 Å². The van der Waals surface area contributed by atoms with Crippen LogP contribution in [0.3, 0.4) is 0 Å². The van der Waals surface area contributed by atoms with Crippen LogP contribution in [-0.4, -0.2) is 67.2 Å². The quantitative estimate of drug-likeness (QED) is 0.345. The molecular weight excluding hydrogens is 398 g/mol. The number of likely N-dealkylation sites (tertiary alicyclic amines) is 1. The van der Waals surface area contributed by atoms with Crippen LogP contribution in [-0.2, 0) is 4.74 Å². The topological polar surface area (TPSA) is 108 Å². The number of rotatable bonds is 7. The van der Waals surface area contributed by atoms with E-state index in [0.717, 1.165) is 24.9 Å². The van der Waals surface area contributed by atoms with E-state index in [1.54, 1.807) is 11.0 Å². The van der Waals surface area contributed by atoms with E-state index < -0.39 is 5.60 Å². The number of carbonyl (C=O) groups excluding carboxylic acids is 2. The maximum absolute atomic E-state index is 12.4. The van der Waals surface area contributed by atoms with Gasteiger partial charge in [0.2, 0.25) is 0 Å².